The van der Waals surface area contributed by atoms with Crippen LogP contribution in [0.2, 0.25) is 0 Å². The molecule has 5 nitrogen and oxygen atoms in total. The fourth-order valence-corrected chi connectivity index (χ4v) is 2.44. The van der Waals surface area contributed by atoms with E-state index in [2.05, 4.69) is 17.1 Å². The number of hydrogen-bond acceptors (Lipinski definition) is 4. The van der Waals surface area contributed by atoms with Gasteiger partial charge in [-0.3, -0.25) is 15.0 Å². The van der Waals surface area contributed by atoms with Crippen LogP contribution < -0.4 is 5.32 Å². The van der Waals surface area contributed by atoms with Crippen LogP contribution in [0, 0.1) is 10.1 Å². The summed E-state index contributed by atoms with van der Waals surface area (Å²) in [5, 5.41) is 14.0. The van der Waals surface area contributed by atoms with Gasteiger partial charge in [0.25, 0.3) is 5.69 Å². The quantitative estimate of drug-likeness (QED) is 0.668. The topological polar surface area (TPSA) is 58.4 Å². The van der Waals surface area contributed by atoms with Crippen molar-refractivity contribution in [2.24, 2.45) is 0 Å². The maximum Gasteiger partial charge on any atom is 0.269 e. The van der Waals surface area contributed by atoms with E-state index in [1.54, 1.807) is 12.1 Å². The number of hydrogen-bond donors (Lipinski definition) is 1. The molecule has 104 valence electrons. The largest absolute Gasteiger partial charge is 0.314 e. The van der Waals surface area contributed by atoms with E-state index in [4.69, 9.17) is 0 Å². The molecule has 0 saturated carbocycles. The van der Waals surface area contributed by atoms with E-state index in [0.717, 1.165) is 38.0 Å². The lowest BCUT2D eigenvalue weighted by molar-refractivity contribution is -0.384. The van der Waals surface area contributed by atoms with E-state index in [9.17, 15) is 10.1 Å². The molecule has 0 atom stereocenters. The molecule has 1 aliphatic rings. The molecule has 0 aliphatic carbocycles. The zero-order chi connectivity index (χ0) is 13.9. The fraction of sp³-hybridized carbons (Fsp3) is 0.571. The Morgan fingerprint density at radius 3 is 2.37 bits per heavy atom. The molecule has 0 amide bonds. The van der Waals surface area contributed by atoms with Gasteiger partial charge in [-0.15, -0.1) is 0 Å². The maximum atomic E-state index is 10.6. The Hall–Kier alpha value is -1.46. The molecule has 1 saturated heterocycles. The van der Waals surface area contributed by atoms with Crippen LogP contribution in [0.5, 0.6) is 0 Å². The summed E-state index contributed by atoms with van der Waals surface area (Å²) < 4.78 is 0. The number of piperidine rings is 1. The number of nitrogens with zero attached hydrogens (tertiary/aromatic N) is 2. The molecule has 1 fully saturated rings. The van der Waals surface area contributed by atoms with Crippen molar-refractivity contribution in [3.8, 4) is 0 Å². The Kier molecular flexibility index (Phi) is 4.17. The standard InChI is InChI=1S/C14H21N3O2/c1-14(15-2)7-9-16(10-8-14)11-12-3-5-13(6-4-12)17(18)19/h3-6,15H,7-11H2,1-2H3. The summed E-state index contributed by atoms with van der Waals surface area (Å²) in [7, 11) is 2.02. The zero-order valence-electron chi connectivity index (χ0n) is 11.6. The van der Waals surface area contributed by atoms with Gasteiger partial charge in [0.15, 0.2) is 0 Å². The van der Waals surface area contributed by atoms with Crippen molar-refractivity contribution in [3.63, 3.8) is 0 Å². The van der Waals surface area contributed by atoms with Crippen LogP contribution in [0.4, 0.5) is 5.69 Å². The van der Waals surface area contributed by atoms with Gasteiger partial charge in [0.2, 0.25) is 0 Å². The number of benzene rings is 1. The van der Waals surface area contributed by atoms with Gasteiger partial charge >= 0.3 is 0 Å². The third kappa shape index (κ3) is 3.52. The minimum Gasteiger partial charge on any atom is -0.314 e. The summed E-state index contributed by atoms with van der Waals surface area (Å²) in [6, 6.07) is 6.86. The first-order valence-electron chi connectivity index (χ1n) is 6.67. The van der Waals surface area contributed by atoms with Gasteiger partial charge in [-0.2, -0.15) is 0 Å². The Labute approximate surface area is 113 Å². The van der Waals surface area contributed by atoms with Gasteiger partial charge in [0.1, 0.15) is 0 Å². The van der Waals surface area contributed by atoms with Gasteiger partial charge < -0.3 is 5.32 Å². The Morgan fingerprint density at radius 1 is 1.32 bits per heavy atom. The summed E-state index contributed by atoms with van der Waals surface area (Å²) in [4.78, 5) is 12.6. The number of non-ortho nitro benzene ring substituents is 1. The molecule has 5 heteroatoms. The van der Waals surface area contributed by atoms with Gasteiger partial charge in [0, 0.05) is 37.3 Å². The van der Waals surface area contributed by atoms with Crippen LogP contribution in [-0.2, 0) is 6.54 Å². The molecule has 0 aromatic heterocycles. The van der Waals surface area contributed by atoms with Crippen molar-refractivity contribution in [3.05, 3.63) is 39.9 Å². The second-order valence-electron chi connectivity index (χ2n) is 5.51. The third-order valence-electron chi connectivity index (χ3n) is 4.12. The van der Waals surface area contributed by atoms with Crippen molar-refractivity contribution < 1.29 is 4.92 Å². The lowest BCUT2D eigenvalue weighted by atomic mass is 9.90. The molecule has 1 aliphatic heterocycles. The van der Waals surface area contributed by atoms with Crippen molar-refractivity contribution in [2.75, 3.05) is 20.1 Å². The summed E-state index contributed by atoms with van der Waals surface area (Å²) >= 11 is 0. The Morgan fingerprint density at radius 2 is 1.89 bits per heavy atom. The highest BCUT2D eigenvalue weighted by atomic mass is 16.6. The average molecular weight is 263 g/mol. The van der Waals surface area contributed by atoms with Crippen molar-refractivity contribution in [1.29, 1.82) is 0 Å². The molecule has 0 spiro atoms. The molecule has 0 bridgehead atoms. The van der Waals surface area contributed by atoms with E-state index in [-0.39, 0.29) is 16.1 Å². The molecule has 1 aromatic rings. The number of likely N-dealkylation sites (tertiary alicyclic amines) is 1. The van der Waals surface area contributed by atoms with Crippen LogP contribution in [-0.4, -0.2) is 35.5 Å². The van der Waals surface area contributed by atoms with Crippen LogP contribution >= 0.6 is 0 Å². The highest BCUT2D eigenvalue weighted by Gasteiger charge is 2.27. The van der Waals surface area contributed by atoms with Gasteiger partial charge in [-0.1, -0.05) is 12.1 Å². The summed E-state index contributed by atoms with van der Waals surface area (Å²) in [5.74, 6) is 0. The molecular formula is C14H21N3O2. The third-order valence-corrected chi connectivity index (χ3v) is 4.12. The van der Waals surface area contributed by atoms with E-state index < -0.39 is 0 Å². The first-order valence-corrected chi connectivity index (χ1v) is 6.67. The monoisotopic (exact) mass is 263 g/mol. The van der Waals surface area contributed by atoms with Crippen LogP contribution in [0.25, 0.3) is 0 Å². The first-order chi connectivity index (χ1) is 9.02. The number of nitro groups is 1. The van der Waals surface area contributed by atoms with E-state index in [0.29, 0.717) is 0 Å². The minimum absolute atomic E-state index is 0.158. The van der Waals surface area contributed by atoms with Crippen molar-refractivity contribution >= 4 is 5.69 Å². The number of nitrogens with one attached hydrogen (secondary N) is 1. The van der Waals surface area contributed by atoms with E-state index >= 15 is 0 Å². The second-order valence-corrected chi connectivity index (χ2v) is 5.51. The highest BCUT2D eigenvalue weighted by molar-refractivity contribution is 5.32. The minimum atomic E-state index is -0.358. The Balaban J connectivity index is 1.90. The van der Waals surface area contributed by atoms with Crippen molar-refractivity contribution in [1.82, 2.24) is 10.2 Å². The summed E-state index contributed by atoms with van der Waals surface area (Å²) in [5.41, 5.74) is 1.55. The van der Waals surface area contributed by atoms with Gasteiger partial charge in [-0.05, 0) is 32.4 Å². The van der Waals surface area contributed by atoms with Gasteiger partial charge in [-0.25, -0.2) is 0 Å². The fourth-order valence-electron chi connectivity index (χ4n) is 2.44. The molecule has 1 N–H and O–H groups in total. The van der Waals surface area contributed by atoms with Crippen LogP contribution in [0.3, 0.4) is 0 Å². The molecular weight excluding hydrogens is 242 g/mol. The lowest BCUT2D eigenvalue weighted by Crippen LogP contribution is -2.49. The second kappa shape index (κ2) is 5.67. The SMILES string of the molecule is CNC1(C)CCN(Cc2ccc([N+](=O)[O-])cc2)CC1. The molecule has 1 aromatic carbocycles. The predicted molar refractivity (Wildman–Crippen MR) is 75.1 cm³/mol. The molecule has 0 unspecified atom stereocenters. The molecule has 1 heterocycles. The number of rotatable bonds is 4. The number of nitro benzene ring substituents is 1. The van der Waals surface area contributed by atoms with Crippen molar-refractivity contribution in [2.45, 2.75) is 31.8 Å². The first kappa shape index (κ1) is 14.0. The zero-order valence-corrected chi connectivity index (χ0v) is 11.6. The highest BCUT2D eigenvalue weighted by Crippen LogP contribution is 2.22. The lowest BCUT2D eigenvalue weighted by Gasteiger charge is -2.39. The Bertz CT molecular complexity index is 437. The summed E-state index contributed by atoms with van der Waals surface area (Å²) in [6.45, 7) is 5.26. The van der Waals surface area contributed by atoms with E-state index in [1.807, 2.05) is 19.2 Å². The smallest absolute Gasteiger partial charge is 0.269 e. The molecule has 0 radical (unpaired) electrons. The molecule has 19 heavy (non-hydrogen) atoms. The maximum absolute atomic E-state index is 10.6. The van der Waals surface area contributed by atoms with Crippen LogP contribution in [0.15, 0.2) is 24.3 Å². The summed E-state index contributed by atoms with van der Waals surface area (Å²) in [6.07, 6.45) is 2.27. The average Bonchev–Trinajstić information content (AvgIpc) is 2.42. The van der Waals surface area contributed by atoms with Gasteiger partial charge in [0.05, 0.1) is 4.92 Å². The van der Waals surface area contributed by atoms with E-state index in [1.165, 1.54) is 0 Å². The normalized spacial score (nSPS) is 19.3. The molecule has 2 rings (SSSR count). The van der Waals surface area contributed by atoms with Crippen LogP contribution in [0.1, 0.15) is 25.3 Å². The predicted octanol–water partition coefficient (Wildman–Crippen LogP) is 2.17.